The lowest BCUT2D eigenvalue weighted by Crippen LogP contribution is -2.27. The molecule has 34 heavy (non-hydrogen) atoms. The lowest BCUT2D eigenvalue weighted by molar-refractivity contribution is -0.692. The third kappa shape index (κ3) is 33.2. The molecule has 0 atom stereocenters. The van der Waals surface area contributed by atoms with Crippen molar-refractivity contribution in [1.29, 1.82) is 0 Å². The predicted molar refractivity (Wildman–Crippen MR) is 140 cm³/mol. The number of aromatic amines is 1. The molecule has 0 aliphatic carbocycles. The number of hydrazine groups is 1. The van der Waals surface area contributed by atoms with Gasteiger partial charge in [-0.25, -0.2) is 13.0 Å². The van der Waals surface area contributed by atoms with E-state index in [-0.39, 0.29) is 6.61 Å². The molecule has 1 aromatic rings. The summed E-state index contributed by atoms with van der Waals surface area (Å²) in [7, 11) is -4.42. The zero-order valence-electron chi connectivity index (χ0n) is 22.4. The molecule has 0 aromatic carbocycles. The van der Waals surface area contributed by atoms with Crippen LogP contribution in [0.5, 0.6) is 0 Å². The number of unbranched alkanes of at least 4 members (excludes halogenated alkanes) is 12. The number of aromatic nitrogens is 2. The van der Waals surface area contributed by atoms with Gasteiger partial charge in [0.25, 0.3) is 0 Å². The Morgan fingerprint density at radius 2 is 1.38 bits per heavy atom. The molecular weight excluding hydrogens is 452 g/mol. The highest BCUT2D eigenvalue weighted by Gasteiger charge is 1.96. The molecule has 0 saturated carbocycles. The second-order valence-electron chi connectivity index (χ2n) is 8.99. The first-order chi connectivity index (χ1) is 16.3. The van der Waals surface area contributed by atoms with Crippen molar-refractivity contribution in [2.75, 3.05) is 13.2 Å². The van der Waals surface area contributed by atoms with Gasteiger partial charge in [0.1, 0.15) is 12.4 Å². The molecule has 1 aromatic heterocycles. The maximum Gasteiger partial charge on any atom is 0.241 e. The van der Waals surface area contributed by atoms with E-state index in [2.05, 4.69) is 39.9 Å². The molecule has 0 spiro atoms. The van der Waals surface area contributed by atoms with Crippen molar-refractivity contribution in [2.45, 2.75) is 124 Å². The summed E-state index contributed by atoms with van der Waals surface area (Å²) >= 11 is 0. The normalized spacial score (nSPS) is 11.0. The van der Waals surface area contributed by atoms with Crippen LogP contribution in [0.15, 0.2) is 18.7 Å². The van der Waals surface area contributed by atoms with Crippen molar-refractivity contribution in [3.05, 3.63) is 18.7 Å². The van der Waals surface area contributed by atoms with Gasteiger partial charge in [0.15, 0.2) is 0 Å². The fourth-order valence-electron chi connectivity index (χ4n) is 3.39. The molecular formula is C25H54N4O4S. The van der Waals surface area contributed by atoms with E-state index in [1.165, 1.54) is 96.8 Å². The molecule has 8 nitrogen and oxygen atoms in total. The second kappa shape index (κ2) is 26.6. The quantitative estimate of drug-likeness (QED) is 0.0578. The Morgan fingerprint density at radius 3 is 1.65 bits per heavy atom. The van der Waals surface area contributed by atoms with Gasteiger partial charge in [0.2, 0.25) is 16.7 Å². The zero-order chi connectivity index (χ0) is 25.9. The van der Waals surface area contributed by atoms with Gasteiger partial charge in [-0.3, -0.25) is 20.4 Å². The Labute approximate surface area is 210 Å². The van der Waals surface area contributed by atoms with Crippen LogP contribution in [-0.2, 0) is 21.1 Å². The molecule has 0 aliphatic heterocycles. The average molecular weight is 507 g/mol. The number of hydrogen-bond acceptors (Lipinski definition) is 6. The summed E-state index contributed by atoms with van der Waals surface area (Å²) in [5, 5.41) is 0. The van der Waals surface area contributed by atoms with Crippen molar-refractivity contribution in [1.82, 2.24) is 10.4 Å². The summed E-state index contributed by atoms with van der Waals surface area (Å²) < 4.78 is 34.1. The molecule has 0 unspecified atom stereocenters. The smallest absolute Gasteiger partial charge is 0.241 e. The minimum Gasteiger partial charge on any atom is -0.726 e. The number of aryl methyl sites for hydroxylation is 1. The standard InChI is InChI=1S/C18H40N2.C5H8N2.C2H6O4S/c1-18(2)16-14-12-10-8-6-4-3-5-7-9-11-13-15-17-20-19;1-2-7-4-3-6-5-7;1-2-6-7(3,4)5/h18,20H,3-17,19H2,1-2H3;3-5H,2H2,1H3;2H2,1H3,(H,3,4,5). The number of rotatable bonds is 19. The van der Waals surface area contributed by atoms with Gasteiger partial charge in [-0.15, -0.1) is 0 Å². The Balaban J connectivity index is 0. The molecule has 9 heteroatoms. The topological polar surface area (TPSA) is 124 Å². The zero-order valence-corrected chi connectivity index (χ0v) is 23.2. The molecule has 1 heterocycles. The molecule has 4 N–H and O–H groups in total. The lowest BCUT2D eigenvalue weighted by Gasteiger charge is -2.05. The van der Waals surface area contributed by atoms with Gasteiger partial charge in [-0.1, -0.05) is 97.3 Å². The van der Waals surface area contributed by atoms with Crippen molar-refractivity contribution in [2.24, 2.45) is 11.8 Å². The second-order valence-corrected chi connectivity index (χ2v) is 10.0. The minimum absolute atomic E-state index is 0.0914. The van der Waals surface area contributed by atoms with Gasteiger partial charge in [0.05, 0.1) is 13.2 Å². The average Bonchev–Trinajstić information content (AvgIpc) is 3.30. The van der Waals surface area contributed by atoms with Gasteiger partial charge in [0, 0.05) is 6.54 Å². The Hall–Kier alpha value is -1.00. The van der Waals surface area contributed by atoms with E-state index in [4.69, 9.17) is 5.84 Å². The van der Waals surface area contributed by atoms with Crippen LogP contribution >= 0.6 is 0 Å². The number of H-pyrrole nitrogens is 1. The van der Waals surface area contributed by atoms with Crippen LogP contribution in [0, 0.1) is 5.92 Å². The van der Waals surface area contributed by atoms with Crippen LogP contribution in [0.1, 0.15) is 118 Å². The van der Waals surface area contributed by atoms with Crippen LogP contribution in [0.25, 0.3) is 0 Å². The summed E-state index contributed by atoms with van der Waals surface area (Å²) in [6, 6.07) is 0. The molecule has 0 radical (unpaired) electrons. The summed E-state index contributed by atoms with van der Waals surface area (Å²) in [5.74, 6) is 6.13. The predicted octanol–water partition coefficient (Wildman–Crippen LogP) is 5.37. The Bertz CT molecular complexity index is 596. The van der Waals surface area contributed by atoms with E-state index in [0.717, 1.165) is 19.0 Å². The van der Waals surface area contributed by atoms with Crippen LogP contribution < -0.4 is 15.8 Å². The van der Waals surface area contributed by atoms with Crippen molar-refractivity contribution in [3.63, 3.8) is 0 Å². The highest BCUT2D eigenvalue weighted by molar-refractivity contribution is 7.80. The maximum atomic E-state index is 9.45. The molecule has 204 valence electrons. The first-order valence-corrected chi connectivity index (χ1v) is 14.7. The van der Waals surface area contributed by atoms with E-state index in [9.17, 15) is 13.0 Å². The van der Waals surface area contributed by atoms with Crippen LogP contribution in [0.2, 0.25) is 0 Å². The summed E-state index contributed by atoms with van der Waals surface area (Å²) in [6.45, 7) is 10.1. The van der Waals surface area contributed by atoms with Gasteiger partial charge in [-0.05, 0) is 26.2 Å². The third-order valence-electron chi connectivity index (χ3n) is 5.33. The van der Waals surface area contributed by atoms with Crippen molar-refractivity contribution in [3.8, 4) is 0 Å². The summed E-state index contributed by atoms with van der Waals surface area (Å²) in [4.78, 5) is 2.94. The molecule has 0 amide bonds. The van der Waals surface area contributed by atoms with E-state index in [1.54, 1.807) is 0 Å². The van der Waals surface area contributed by atoms with Crippen LogP contribution in [0.3, 0.4) is 0 Å². The Kier molecular flexibility index (Phi) is 27.5. The largest absolute Gasteiger partial charge is 0.726 e. The van der Waals surface area contributed by atoms with E-state index in [0.29, 0.717) is 0 Å². The number of nitrogens with zero attached hydrogens (tertiary/aromatic N) is 1. The number of nitrogens with two attached hydrogens (primary N) is 1. The molecule has 0 aliphatic rings. The van der Waals surface area contributed by atoms with Crippen LogP contribution in [-0.4, -0.2) is 31.1 Å². The highest BCUT2D eigenvalue weighted by atomic mass is 32.3. The number of nitrogens with one attached hydrogen (secondary N) is 2. The fourth-order valence-corrected chi connectivity index (χ4v) is 3.67. The first-order valence-electron chi connectivity index (χ1n) is 13.3. The summed E-state index contributed by atoms with van der Waals surface area (Å²) in [5.41, 5.74) is 2.72. The monoisotopic (exact) mass is 506 g/mol. The third-order valence-corrected chi connectivity index (χ3v) is 5.86. The first kappa shape index (κ1) is 35.2. The van der Waals surface area contributed by atoms with E-state index in [1.807, 2.05) is 18.7 Å². The molecule has 0 bridgehead atoms. The number of imidazole rings is 1. The summed E-state index contributed by atoms with van der Waals surface area (Å²) in [6.07, 6.45) is 25.7. The van der Waals surface area contributed by atoms with Gasteiger partial charge >= 0.3 is 0 Å². The molecule has 1 rings (SSSR count). The SMILES string of the molecule is CC(C)CCCCCCCCCCCCCCCNN.CCOS(=O)(=O)[O-].CC[n+]1cc[nH]c1. The lowest BCUT2D eigenvalue weighted by atomic mass is 10.0. The van der Waals surface area contributed by atoms with E-state index < -0.39 is 10.4 Å². The maximum absolute atomic E-state index is 9.45. The van der Waals surface area contributed by atoms with Crippen molar-refractivity contribution >= 4 is 10.4 Å². The van der Waals surface area contributed by atoms with Gasteiger partial charge in [-0.2, -0.15) is 0 Å². The minimum atomic E-state index is -4.42. The molecule has 0 saturated heterocycles. The van der Waals surface area contributed by atoms with E-state index >= 15 is 0 Å². The Morgan fingerprint density at radius 1 is 0.912 bits per heavy atom. The fraction of sp³-hybridized carbons (Fsp3) is 0.880. The van der Waals surface area contributed by atoms with Gasteiger partial charge < -0.3 is 4.55 Å². The van der Waals surface area contributed by atoms with Crippen LogP contribution in [0.4, 0.5) is 0 Å². The highest BCUT2D eigenvalue weighted by Crippen LogP contribution is 2.14. The molecule has 0 fully saturated rings. The number of hydrogen-bond donors (Lipinski definition) is 3. The van der Waals surface area contributed by atoms with Crippen molar-refractivity contribution < 1.29 is 21.7 Å².